The number of rotatable bonds is 5. The van der Waals surface area contributed by atoms with Crippen molar-refractivity contribution in [3.8, 4) is 29.4 Å². The van der Waals surface area contributed by atoms with Gasteiger partial charge in [0.25, 0.3) is 0 Å². The molecule has 1 N–H and O–H groups in total. The van der Waals surface area contributed by atoms with Crippen LogP contribution in [-0.2, 0) is 0 Å². The fourth-order valence-electron chi connectivity index (χ4n) is 1.64. The predicted octanol–water partition coefficient (Wildman–Crippen LogP) is 3.44. The molecule has 0 aliphatic rings. The van der Waals surface area contributed by atoms with Crippen LogP contribution in [0.3, 0.4) is 0 Å². The van der Waals surface area contributed by atoms with Crippen LogP contribution in [-0.4, -0.2) is 12.8 Å². The summed E-state index contributed by atoms with van der Waals surface area (Å²) in [5.74, 6) is 0.423. The van der Waals surface area contributed by atoms with Crippen molar-refractivity contribution in [2.45, 2.75) is 0 Å². The van der Waals surface area contributed by atoms with Gasteiger partial charge in [-0.25, -0.2) is 4.39 Å². The van der Waals surface area contributed by atoms with Crippen LogP contribution in [0.1, 0.15) is 0 Å². The Labute approximate surface area is 132 Å². The summed E-state index contributed by atoms with van der Waals surface area (Å²) in [6, 6.07) is 14.0. The van der Waals surface area contributed by atoms with Crippen molar-refractivity contribution in [3.63, 3.8) is 0 Å². The van der Waals surface area contributed by atoms with Crippen LogP contribution in [0.2, 0.25) is 0 Å². The van der Waals surface area contributed by atoms with Gasteiger partial charge in [0, 0.05) is 12.1 Å². The van der Waals surface area contributed by atoms with E-state index in [-0.39, 0.29) is 17.1 Å². The van der Waals surface area contributed by atoms with Gasteiger partial charge < -0.3 is 9.47 Å². The first-order valence-electron chi connectivity index (χ1n) is 6.41. The maximum absolute atomic E-state index is 14.0. The number of nitrogens with one attached hydrogen (secondary N) is 1. The zero-order valence-corrected chi connectivity index (χ0v) is 12.1. The lowest BCUT2D eigenvalue weighted by molar-refractivity contribution is 0.405. The first-order chi connectivity index (χ1) is 11.2. The van der Waals surface area contributed by atoms with Crippen molar-refractivity contribution >= 4 is 11.4 Å². The highest BCUT2D eigenvalue weighted by molar-refractivity contribution is 6.10. The molecule has 0 fully saturated rings. The van der Waals surface area contributed by atoms with Crippen LogP contribution in [0, 0.1) is 28.5 Å². The summed E-state index contributed by atoms with van der Waals surface area (Å²) >= 11 is 0. The Kier molecular flexibility index (Phi) is 5.11. The molecule has 2 rings (SSSR count). The van der Waals surface area contributed by atoms with E-state index < -0.39 is 5.82 Å². The average Bonchev–Trinajstić information content (AvgIpc) is 2.58. The number of halogens is 1. The molecule has 0 aliphatic carbocycles. The minimum Gasteiger partial charge on any atom is -0.497 e. The first-order valence-corrected chi connectivity index (χ1v) is 6.41. The summed E-state index contributed by atoms with van der Waals surface area (Å²) in [5.41, 5.74) is 2.35. The second-order valence-electron chi connectivity index (χ2n) is 4.22. The molecule has 0 heterocycles. The monoisotopic (exact) mass is 310 g/mol. The highest BCUT2D eigenvalue weighted by Crippen LogP contribution is 2.28. The van der Waals surface area contributed by atoms with Gasteiger partial charge in [-0.15, -0.1) is 0 Å². The third-order valence-electron chi connectivity index (χ3n) is 2.71. The Morgan fingerprint density at radius 1 is 1.13 bits per heavy atom. The molecule has 7 heteroatoms. The highest BCUT2D eigenvalue weighted by Gasteiger charge is 2.07. The molecular weight excluding hydrogens is 299 g/mol. The van der Waals surface area contributed by atoms with Gasteiger partial charge in [-0.05, 0) is 24.3 Å². The summed E-state index contributed by atoms with van der Waals surface area (Å²) in [4.78, 5) is 0. The first kappa shape index (κ1) is 15.8. The van der Waals surface area contributed by atoms with Gasteiger partial charge in [-0.3, -0.25) is 5.43 Å². The molecule has 0 amide bonds. The van der Waals surface area contributed by atoms with Crippen LogP contribution in [0.15, 0.2) is 47.6 Å². The molecule has 0 radical (unpaired) electrons. The molecule has 0 aromatic heterocycles. The molecule has 6 nitrogen and oxygen atoms in total. The number of methoxy groups -OCH3 is 1. The van der Waals surface area contributed by atoms with E-state index in [0.717, 1.165) is 6.07 Å². The molecule has 0 bridgehead atoms. The molecule has 2 aromatic rings. The molecule has 0 aliphatic heterocycles. The minimum atomic E-state index is -0.622. The number of ether oxygens (including phenoxy) is 2. The molecule has 0 saturated heterocycles. The largest absolute Gasteiger partial charge is 0.497 e. The fourth-order valence-corrected chi connectivity index (χ4v) is 1.64. The summed E-state index contributed by atoms with van der Waals surface area (Å²) in [6.45, 7) is 0. The molecule has 0 atom stereocenters. The Morgan fingerprint density at radius 3 is 2.52 bits per heavy atom. The maximum atomic E-state index is 14.0. The van der Waals surface area contributed by atoms with E-state index in [1.165, 1.54) is 19.2 Å². The number of hydrazone groups is 1. The number of benzene rings is 2. The number of nitrogens with zero attached hydrogens (tertiary/aromatic N) is 3. The van der Waals surface area contributed by atoms with Crippen LogP contribution in [0.4, 0.5) is 10.1 Å². The van der Waals surface area contributed by atoms with Crippen LogP contribution in [0.5, 0.6) is 17.2 Å². The maximum Gasteiger partial charge on any atom is 0.237 e. The SMILES string of the molecule is COc1cccc(Oc2ccc(NN=C(C#N)C#N)cc2F)c1. The molecule has 0 saturated carbocycles. The molecule has 0 unspecified atom stereocenters. The third-order valence-corrected chi connectivity index (χ3v) is 2.71. The second kappa shape index (κ2) is 7.43. The van der Waals surface area contributed by atoms with Gasteiger partial charge in [0.1, 0.15) is 23.6 Å². The second-order valence-corrected chi connectivity index (χ2v) is 4.22. The van der Waals surface area contributed by atoms with Crippen molar-refractivity contribution in [1.29, 1.82) is 10.5 Å². The topological polar surface area (TPSA) is 90.4 Å². The zero-order valence-electron chi connectivity index (χ0n) is 12.1. The molecule has 114 valence electrons. The summed E-state index contributed by atoms with van der Waals surface area (Å²) in [5, 5.41) is 20.7. The quantitative estimate of drug-likeness (QED) is 0.674. The van der Waals surface area contributed by atoms with Crippen molar-refractivity contribution in [2.24, 2.45) is 5.10 Å². The van der Waals surface area contributed by atoms with Gasteiger partial charge in [-0.2, -0.15) is 15.6 Å². The van der Waals surface area contributed by atoms with E-state index in [9.17, 15) is 4.39 Å². The van der Waals surface area contributed by atoms with E-state index >= 15 is 0 Å². The summed E-state index contributed by atoms with van der Waals surface area (Å²) in [7, 11) is 1.53. The van der Waals surface area contributed by atoms with Crippen LogP contribution < -0.4 is 14.9 Å². The Hall–Kier alpha value is -3.58. The Bertz CT molecular complexity index is 806. The van der Waals surface area contributed by atoms with Gasteiger partial charge in [0.05, 0.1) is 12.8 Å². The van der Waals surface area contributed by atoms with Crippen molar-refractivity contribution in [3.05, 3.63) is 48.3 Å². The van der Waals surface area contributed by atoms with Gasteiger partial charge >= 0.3 is 0 Å². The van der Waals surface area contributed by atoms with Gasteiger partial charge in [0.2, 0.25) is 5.71 Å². The van der Waals surface area contributed by atoms with E-state index in [1.54, 1.807) is 36.4 Å². The van der Waals surface area contributed by atoms with Crippen LogP contribution in [0.25, 0.3) is 0 Å². The molecule has 2 aromatic carbocycles. The van der Waals surface area contributed by atoms with Crippen LogP contribution >= 0.6 is 0 Å². The van der Waals surface area contributed by atoms with Crippen molar-refractivity contribution in [1.82, 2.24) is 0 Å². The lowest BCUT2D eigenvalue weighted by Crippen LogP contribution is -1.97. The summed E-state index contributed by atoms with van der Waals surface area (Å²) in [6.07, 6.45) is 0. The number of hydrogen-bond acceptors (Lipinski definition) is 6. The number of nitriles is 2. The predicted molar refractivity (Wildman–Crippen MR) is 81.8 cm³/mol. The van der Waals surface area contributed by atoms with E-state index in [2.05, 4.69) is 10.5 Å². The number of hydrogen-bond donors (Lipinski definition) is 1. The molecular formula is C16H11FN4O2. The fraction of sp³-hybridized carbons (Fsp3) is 0.0625. The van der Waals surface area contributed by atoms with Gasteiger partial charge in [0.15, 0.2) is 11.6 Å². The van der Waals surface area contributed by atoms with E-state index in [4.69, 9.17) is 20.0 Å². The van der Waals surface area contributed by atoms with E-state index in [0.29, 0.717) is 11.5 Å². The Morgan fingerprint density at radius 2 is 1.87 bits per heavy atom. The normalized spacial score (nSPS) is 9.22. The zero-order chi connectivity index (χ0) is 16.7. The summed E-state index contributed by atoms with van der Waals surface area (Å²) < 4.78 is 24.5. The Balaban J connectivity index is 2.15. The van der Waals surface area contributed by atoms with Gasteiger partial charge in [-0.1, -0.05) is 6.07 Å². The lowest BCUT2D eigenvalue weighted by atomic mass is 10.3. The van der Waals surface area contributed by atoms with Crippen molar-refractivity contribution in [2.75, 3.05) is 12.5 Å². The lowest BCUT2D eigenvalue weighted by Gasteiger charge is -2.09. The highest BCUT2D eigenvalue weighted by atomic mass is 19.1. The average molecular weight is 310 g/mol. The van der Waals surface area contributed by atoms with E-state index in [1.807, 2.05) is 0 Å². The molecule has 23 heavy (non-hydrogen) atoms. The number of anilines is 1. The van der Waals surface area contributed by atoms with Crippen molar-refractivity contribution < 1.29 is 13.9 Å². The third kappa shape index (κ3) is 4.19. The minimum absolute atomic E-state index is 0.0218. The standard InChI is InChI=1S/C16H11FN4O2/c1-22-13-3-2-4-14(8-13)23-16-6-5-11(7-15(16)17)20-21-12(9-18)10-19/h2-8,20H,1H3. The smallest absolute Gasteiger partial charge is 0.237 e. The molecule has 0 spiro atoms.